The topological polar surface area (TPSA) is 0 Å². The summed E-state index contributed by atoms with van der Waals surface area (Å²) in [5.41, 5.74) is 0. The summed E-state index contributed by atoms with van der Waals surface area (Å²) in [5, 5.41) is 1.16. The minimum absolute atomic E-state index is 0. The molecule has 0 rings (SSSR count). The summed E-state index contributed by atoms with van der Waals surface area (Å²) in [6.45, 7) is 12.0. The van der Waals surface area contributed by atoms with Gasteiger partial charge in [0.25, 0.3) is 0 Å². The standard InChI is InChI=1S/2C4H9Br.C4H8.3CH4.BrH/c1-3-4(2)5;1-2-3-4-5;1-3-4-2;;;;/h4H,3H2,1-2H3;2-4H2,1H3;3H,1,4H2,2H3;3*1H4;1H. The summed E-state index contributed by atoms with van der Waals surface area (Å²) in [4.78, 5) is 0.697. The van der Waals surface area contributed by atoms with Crippen molar-refractivity contribution in [2.75, 3.05) is 5.33 Å². The van der Waals surface area contributed by atoms with Crippen LogP contribution in [0.4, 0.5) is 0 Å². The molecule has 0 aromatic rings. The van der Waals surface area contributed by atoms with Crippen LogP contribution >= 0.6 is 48.8 Å². The molecule has 0 aliphatic carbocycles. The third kappa shape index (κ3) is 118. The van der Waals surface area contributed by atoms with Gasteiger partial charge in [0.15, 0.2) is 0 Å². The van der Waals surface area contributed by atoms with Crippen molar-refractivity contribution in [1.29, 1.82) is 0 Å². The van der Waals surface area contributed by atoms with Gasteiger partial charge in [-0.3, -0.25) is 0 Å². The van der Waals surface area contributed by atoms with Crippen LogP contribution in [-0.2, 0) is 0 Å². The van der Waals surface area contributed by atoms with Crippen molar-refractivity contribution in [3.63, 3.8) is 0 Å². The molecule has 0 saturated carbocycles. The lowest BCUT2D eigenvalue weighted by Gasteiger charge is -1.88. The first-order chi connectivity index (χ1) is 6.60. The van der Waals surface area contributed by atoms with E-state index in [0.29, 0.717) is 4.83 Å². The second-order valence-corrected chi connectivity index (χ2v) is 5.28. The van der Waals surface area contributed by atoms with E-state index in [1.807, 2.05) is 6.08 Å². The lowest BCUT2D eigenvalue weighted by atomic mass is 10.4. The molecule has 0 N–H and O–H groups in total. The number of halogens is 3. The summed E-state index contributed by atoms with van der Waals surface area (Å²) in [6, 6.07) is 0. The largest absolute Gasteiger partial charge is 0.114 e. The van der Waals surface area contributed by atoms with Crippen molar-refractivity contribution in [2.24, 2.45) is 0 Å². The van der Waals surface area contributed by atoms with Crippen LogP contribution in [0.25, 0.3) is 0 Å². The number of alkyl halides is 2. The minimum Gasteiger partial charge on any atom is -0.114 e. The zero-order valence-electron chi connectivity index (χ0n) is 10.6. The molecule has 0 aliphatic heterocycles. The van der Waals surface area contributed by atoms with E-state index in [-0.39, 0.29) is 39.3 Å². The molecule has 0 saturated heterocycles. The molecule has 0 nitrogen and oxygen atoms in total. The molecule has 1 unspecified atom stereocenters. The molecule has 0 spiro atoms. The van der Waals surface area contributed by atoms with Crippen LogP contribution < -0.4 is 0 Å². The molecule has 1 atom stereocenters. The Morgan fingerprint density at radius 2 is 1.39 bits per heavy atom. The predicted octanol–water partition coefficient (Wildman–Crippen LogP) is 8.43. The Morgan fingerprint density at radius 3 is 1.39 bits per heavy atom. The molecule has 0 radical (unpaired) electrons. The van der Waals surface area contributed by atoms with Gasteiger partial charge < -0.3 is 0 Å². The van der Waals surface area contributed by atoms with Gasteiger partial charge in [0.1, 0.15) is 0 Å². The van der Waals surface area contributed by atoms with Crippen LogP contribution in [0.3, 0.4) is 0 Å². The fourth-order valence-corrected chi connectivity index (χ4v) is 0.694. The first-order valence-corrected chi connectivity index (χ1v) is 7.45. The summed E-state index contributed by atoms with van der Waals surface area (Å²) in [5.74, 6) is 0. The third-order valence-electron chi connectivity index (χ3n) is 1.34. The second-order valence-electron chi connectivity index (χ2n) is 2.93. The van der Waals surface area contributed by atoms with E-state index in [4.69, 9.17) is 0 Å². The van der Waals surface area contributed by atoms with E-state index < -0.39 is 0 Å². The maximum absolute atomic E-state index is 3.48. The van der Waals surface area contributed by atoms with Crippen LogP contribution in [0.5, 0.6) is 0 Å². The highest BCUT2D eigenvalue weighted by molar-refractivity contribution is 9.09. The SMILES string of the molecule is Br.C.C.C.C=CCC.CCC(C)Br.CCCCBr. The first kappa shape index (κ1) is 42.7. The lowest BCUT2D eigenvalue weighted by Crippen LogP contribution is -1.80. The van der Waals surface area contributed by atoms with Gasteiger partial charge in [0, 0.05) is 10.2 Å². The zero-order valence-corrected chi connectivity index (χ0v) is 15.4. The highest BCUT2D eigenvalue weighted by atomic mass is 79.9. The molecule has 18 heavy (non-hydrogen) atoms. The Bertz CT molecular complexity index is 81.8. The fraction of sp³-hybridized carbons (Fsp3) is 0.867. The van der Waals surface area contributed by atoms with Gasteiger partial charge in [-0.25, -0.2) is 0 Å². The van der Waals surface area contributed by atoms with Crippen LogP contribution in [-0.4, -0.2) is 10.2 Å². The smallest absolute Gasteiger partial charge is 0.0114 e. The predicted molar refractivity (Wildman–Crippen MR) is 108 cm³/mol. The van der Waals surface area contributed by atoms with E-state index in [1.165, 1.54) is 19.3 Å². The van der Waals surface area contributed by atoms with Gasteiger partial charge >= 0.3 is 0 Å². The molecule has 0 heterocycles. The van der Waals surface area contributed by atoms with E-state index in [0.717, 1.165) is 11.8 Å². The molecule has 0 amide bonds. The number of rotatable bonds is 4. The van der Waals surface area contributed by atoms with Gasteiger partial charge in [-0.15, -0.1) is 23.6 Å². The molecule has 0 fully saturated rings. The first-order valence-electron chi connectivity index (χ1n) is 5.41. The molecule has 0 aromatic carbocycles. The summed E-state index contributed by atoms with van der Waals surface area (Å²) < 4.78 is 0. The molecule has 0 aromatic heterocycles. The summed E-state index contributed by atoms with van der Waals surface area (Å²) in [6.07, 6.45) is 6.78. The average molecular weight is 459 g/mol. The highest BCUT2D eigenvalue weighted by Gasteiger charge is 1.82. The van der Waals surface area contributed by atoms with Crippen molar-refractivity contribution in [3.8, 4) is 0 Å². The number of allylic oxidation sites excluding steroid dienone is 1. The zero-order chi connectivity index (χ0) is 11.8. The van der Waals surface area contributed by atoms with Gasteiger partial charge in [-0.2, -0.15) is 0 Å². The van der Waals surface area contributed by atoms with Crippen molar-refractivity contribution in [3.05, 3.63) is 12.7 Å². The van der Waals surface area contributed by atoms with E-state index >= 15 is 0 Å². The molecule has 3 heteroatoms. The molecule has 0 bridgehead atoms. The lowest BCUT2D eigenvalue weighted by molar-refractivity contribution is 0.902. The fourth-order valence-electron chi connectivity index (χ4n) is 0.134. The molecular formula is C15H39Br3. The van der Waals surface area contributed by atoms with Gasteiger partial charge in [0.2, 0.25) is 0 Å². The van der Waals surface area contributed by atoms with Gasteiger partial charge in [-0.1, -0.05) is 94.3 Å². The maximum atomic E-state index is 3.48. The average Bonchev–Trinajstić information content (AvgIpc) is 2.20. The summed E-state index contributed by atoms with van der Waals surface area (Å²) >= 11 is 6.68. The number of unbranched alkanes of at least 4 members (excludes halogenated alkanes) is 1. The second kappa shape index (κ2) is 51.8. The van der Waals surface area contributed by atoms with Crippen LogP contribution in [0, 0.1) is 0 Å². The Labute approximate surface area is 146 Å². The monoisotopic (exact) mass is 456 g/mol. The van der Waals surface area contributed by atoms with Crippen LogP contribution in [0.2, 0.25) is 0 Å². The quantitative estimate of drug-likeness (QED) is 0.293. The third-order valence-corrected chi connectivity index (χ3v) is 2.55. The van der Waals surface area contributed by atoms with E-state index in [1.54, 1.807) is 0 Å². The molecular weight excluding hydrogens is 420 g/mol. The van der Waals surface area contributed by atoms with E-state index in [2.05, 4.69) is 66.1 Å². The molecule has 120 valence electrons. The van der Waals surface area contributed by atoms with Crippen molar-refractivity contribution in [2.45, 2.75) is 80.5 Å². The Kier molecular flexibility index (Phi) is 123. The number of hydrogen-bond donors (Lipinski definition) is 0. The Balaban J connectivity index is -0.0000000183. The maximum Gasteiger partial charge on any atom is 0.0114 e. The number of hydrogen-bond acceptors (Lipinski definition) is 0. The Hall–Kier alpha value is 1.18. The minimum atomic E-state index is 0. The molecule has 0 aliphatic rings. The van der Waals surface area contributed by atoms with Crippen LogP contribution in [0.1, 0.15) is 75.7 Å². The van der Waals surface area contributed by atoms with Gasteiger partial charge in [0.05, 0.1) is 0 Å². The van der Waals surface area contributed by atoms with Crippen LogP contribution in [0.15, 0.2) is 12.7 Å². The van der Waals surface area contributed by atoms with Crippen molar-refractivity contribution >= 4 is 48.8 Å². The van der Waals surface area contributed by atoms with Crippen molar-refractivity contribution < 1.29 is 0 Å². The van der Waals surface area contributed by atoms with E-state index in [9.17, 15) is 0 Å². The van der Waals surface area contributed by atoms with Crippen molar-refractivity contribution in [1.82, 2.24) is 0 Å². The van der Waals surface area contributed by atoms with Gasteiger partial charge in [-0.05, 0) is 19.3 Å². The normalized spacial score (nSPS) is 7.89. The Morgan fingerprint density at radius 1 is 1.11 bits per heavy atom. The highest BCUT2D eigenvalue weighted by Crippen LogP contribution is 1.99. The summed E-state index contributed by atoms with van der Waals surface area (Å²) in [7, 11) is 0.